The van der Waals surface area contributed by atoms with Crippen molar-refractivity contribution in [1.29, 1.82) is 0 Å². The van der Waals surface area contributed by atoms with Crippen molar-refractivity contribution in [1.82, 2.24) is 0 Å². The Bertz CT molecular complexity index is 3430. The van der Waals surface area contributed by atoms with Crippen LogP contribution in [0.5, 0.6) is 0 Å². The monoisotopic (exact) mass is 686 g/mol. The minimum absolute atomic E-state index is 0.867. The van der Waals surface area contributed by atoms with Gasteiger partial charge in [-0.05, 0) is 107 Å². The van der Waals surface area contributed by atoms with E-state index in [0.29, 0.717) is 0 Å². The molecule has 0 atom stereocenters. The average molecular weight is 687 g/mol. The normalized spacial score (nSPS) is 12.1. The van der Waals surface area contributed by atoms with Gasteiger partial charge in [-0.3, -0.25) is 0 Å². The fourth-order valence-corrected chi connectivity index (χ4v) is 8.97. The van der Waals surface area contributed by atoms with E-state index >= 15 is 0 Å². The third-order valence-corrected chi connectivity index (χ3v) is 11.4. The van der Waals surface area contributed by atoms with Crippen molar-refractivity contribution in [3.63, 3.8) is 0 Å². The summed E-state index contributed by atoms with van der Waals surface area (Å²) in [6.45, 7) is 0. The van der Waals surface area contributed by atoms with Gasteiger partial charge in [-0.2, -0.15) is 0 Å². The highest BCUT2D eigenvalue weighted by Gasteiger charge is 2.19. The molecule has 2 heteroatoms. The Balaban J connectivity index is 1.02. The molecule has 0 fully saturated rings. The summed E-state index contributed by atoms with van der Waals surface area (Å²) < 4.78 is 13.0. The molecule has 2 heterocycles. The molecular formula is C52H30O2. The molecule has 2 aromatic heterocycles. The van der Waals surface area contributed by atoms with E-state index in [1.165, 1.54) is 60.0 Å². The summed E-state index contributed by atoms with van der Waals surface area (Å²) in [5.41, 5.74) is 10.8. The Kier molecular flexibility index (Phi) is 6.09. The molecule has 0 aliphatic heterocycles. The van der Waals surface area contributed by atoms with E-state index in [1.54, 1.807) is 0 Å². The second kappa shape index (κ2) is 11.2. The quantitative estimate of drug-likeness (QED) is 0.173. The van der Waals surface area contributed by atoms with Gasteiger partial charge in [-0.25, -0.2) is 0 Å². The zero-order chi connectivity index (χ0) is 35.3. The first-order chi connectivity index (χ1) is 26.8. The Morgan fingerprint density at radius 2 is 0.759 bits per heavy atom. The minimum atomic E-state index is 0.867. The standard InChI is InChI=1S/C52H30O2/c1-2-11-35-29-37(22-19-31(35)9-1)49-41-15-7-5-13-39(41)48(40-14-6-8-16-42(40)49)34-20-17-32(18-21-34)36-24-26-45-44(30-36)51-46(53-45)27-28-47-50(51)43-25-23-33-10-3-4-12-38(33)52(43)54-47/h1-30H. The molecule has 0 spiro atoms. The molecule has 0 aliphatic rings. The van der Waals surface area contributed by atoms with E-state index in [2.05, 4.69) is 170 Å². The van der Waals surface area contributed by atoms with Crippen LogP contribution in [0.15, 0.2) is 191 Å². The zero-order valence-electron chi connectivity index (χ0n) is 29.1. The summed E-state index contributed by atoms with van der Waals surface area (Å²) in [7, 11) is 0. The lowest BCUT2D eigenvalue weighted by Gasteiger charge is -2.18. The molecule has 2 nitrogen and oxygen atoms in total. The van der Waals surface area contributed by atoms with Crippen LogP contribution in [-0.2, 0) is 0 Å². The summed E-state index contributed by atoms with van der Waals surface area (Å²) >= 11 is 0. The maximum atomic E-state index is 6.53. The van der Waals surface area contributed by atoms with Crippen LogP contribution in [-0.4, -0.2) is 0 Å². The molecule has 0 bridgehead atoms. The summed E-state index contributed by atoms with van der Waals surface area (Å²) in [6.07, 6.45) is 0. The Morgan fingerprint density at radius 3 is 1.48 bits per heavy atom. The van der Waals surface area contributed by atoms with Gasteiger partial charge < -0.3 is 8.83 Å². The topological polar surface area (TPSA) is 26.3 Å². The van der Waals surface area contributed by atoms with Crippen molar-refractivity contribution >= 4 is 87.0 Å². The van der Waals surface area contributed by atoms with Gasteiger partial charge in [0.15, 0.2) is 0 Å². The number of hydrogen-bond acceptors (Lipinski definition) is 2. The third-order valence-electron chi connectivity index (χ3n) is 11.4. The van der Waals surface area contributed by atoms with Crippen molar-refractivity contribution in [2.24, 2.45) is 0 Å². The number of rotatable bonds is 3. The van der Waals surface area contributed by atoms with Crippen LogP contribution >= 0.6 is 0 Å². The van der Waals surface area contributed by atoms with Crippen LogP contribution in [0.1, 0.15) is 0 Å². The molecular weight excluding hydrogens is 657 g/mol. The number of fused-ring (bicyclic) bond motifs is 12. The van der Waals surface area contributed by atoms with Crippen molar-refractivity contribution in [2.75, 3.05) is 0 Å². The molecule has 250 valence electrons. The highest BCUT2D eigenvalue weighted by atomic mass is 16.3. The lowest BCUT2D eigenvalue weighted by Crippen LogP contribution is -1.91. The van der Waals surface area contributed by atoms with E-state index in [9.17, 15) is 0 Å². The van der Waals surface area contributed by atoms with Gasteiger partial charge in [0.25, 0.3) is 0 Å². The first-order valence-electron chi connectivity index (χ1n) is 18.5. The Hall–Kier alpha value is -7.16. The second-order valence-corrected chi connectivity index (χ2v) is 14.4. The highest BCUT2D eigenvalue weighted by molar-refractivity contribution is 6.28. The molecule has 0 unspecified atom stereocenters. The summed E-state index contributed by atoms with van der Waals surface area (Å²) in [5.74, 6) is 0. The smallest absolute Gasteiger partial charge is 0.143 e. The lowest BCUT2D eigenvalue weighted by molar-refractivity contribution is 0.664. The first kappa shape index (κ1) is 29.4. The van der Waals surface area contributed by atoms with Crippen LogP contribution in [0.25, 0.3) is 120 Å². The molecule has 0 radical (unpaired) electrons. The van der Waals surface area contributed by atoms with E-state index < -0.39 is 0 Å². The molecule has 0 N–H and O–H groups in total. The molecule has 0 amide bonds. The summed E-state index contributed by atoms with van der Waals surface area (Å²) in [5, 5.41) is 14.2. The van der Waals surface area contributed by atoms with Crippen LogP contribution in [0.4, 0.5) is 0 Å². The largest absolute Gasteiger partial charge is 0.456 e. The lowest BCUT2D eigenvalue weighted by atomic mass is 9.85. The molecule has 12 aromatic rings. The van der Waals surface area contributed by atoms with E-state index in [1.807, 2.05) is 12.1 Å². The van der Waals surface area contributed by atoms with Crippen LogP contribution < -0.4 is 0 Å². The van der Waals surface area contributed by atoms with Crippen molar-refractivity contribution in [3.05, 3.63) is 182 Å². The van der Waals surface area contributed by atoms with Gasteiger partial charge in [-0.15, -0.1) is 0 Å². The SMILES string of the molecule is c1ccc2cc(-c3c4ccccc4c(-c4ccc(-c5ccc6oc7ccc8oc9c%10ccccc%10ccc9c8c7c6c5)cc4)c4ccccc34)ccc2c1. The number of hydrogen-bond donors (Lipinski definition) is 0. The van der Waals surface area contributed by atoms with Gasteiger partial charge in [-0.1, -0.05) is 146 Å². The maximum Gasteiger partial charge on any atom is 0.143 e. The first-order valence-corrected chi connectivity index (χ1v) is 18.5. The van der Waals surface area contributed by atoms with Crippen molar-refractivity contribution < 1.29 is 8.83 Å². The molecule has 0 aliphatic carbocycles. The summed E-state index contributed by atoms with van der Waals surface area (Å²) in [4.78, 5) is 0. The molecule has 54 heavy (non-hydrogen) atoms. The van der Waals surface area contributed by atoms with Gasteiger partial charge >= 0.3 is 0 Å². The van der Waals surface area contributed by atoms with Gasteiger partial charge in [0.05, 0.1) is 0 Å². The van der Waals surface area contributed by atoms with Gasteiger partial charge in [0.1, 0.15) is 22.3 Å². The van der Waals surface area contributed by atoms with Crippen LogP contribution in [0.3, 0.4) is 0 Å². The van der Waals surface area contributed by atoms with E-state index in [4.69, 9.17) is 8.83 Å². The highest BCUT2D eigenvalue weighted by Crippen LogP contribution is 2.46. The Labute approximate surface area is 310 Å². The average Bonchev–Trinajstić information content (AvgIpc) is 3.81. The molecule has 10 aromatic carbocycles. The second-order valence-electron chi connectivity index (χ2n) is 14.4. The van der Waals surface area contributed by atoms with E-state index in [-0.39, 0.29) is 0 Å². The van der Waals surface area contributed by atoms with Crippen LogP contribution in [0.2, 0.25) is 0 Å². The predicted octanol–water partition coefficient (Wildman–Crippen LogP) is 15.1. The Morgan fingerprint density at radius 1 is 0.259 bits per heavy atom. The summed E-state index contributed by atoms with van der Waals surface area (Å²) in [6, 6.07) is 65.7. The van der Waals surface area contributed by atoms with Gasteiger partial charge in [0.2, 0.25) is 0 Å². The fraction of sp³-hybridized carbons (Fsp3) is 0. The number of benzene rings is 10. The van der Waals surface area contributed by atoms with E-state index in [0.717, 1.165) is 60.4 Å². The van der Waals surface area contributed by atoms with Gasteiger partial charge in [0, 0.05) is 26.9 Å². The van der Waals surface area contributed by atoms with Crippen molar-refractivity contribution in [3.8, 4) is 33.4 Å². The fourth-order valence-electron chi connectivity index (χ4n) is 8.97. The third kappa shape index (κ3) is 4.22. The molecule has 0 saturated heterocycles. The number of furan rings is 2. The molecule has 12 rings (SSSR count). The maximum absolute atomic E-state index is 6.53. The van der Waals surface area contributed by atoms with Crippen LogP contribution in [0, 0.1) is 0 Å². The minimum Gasteiger partial charge on any atom is -0.456 e. The van der Waals surface area contributed by atoms with Crippen molar-refractivity contribution in [2.45, 2.75) is 0 Å². The molecule has 0 saturated carbocycles. The predicted molar refractivity (Wildman–Crippen MR) is 227 cm³/mol. The zero-order valence-corrected chi connectivity index (χ0v) is 29.1.